The molecule has 3 rings (SSSR count). The molecule has 5 nitrogen and oxygen atoms in total. The quantitative estimate of drug-likeness (QED) is 0.262. The number of ether oxygens (including phenoxy) is 2. The van der Waals surface area contributed by atoms with E-state index in [1.165, 1.54) is 12.8 Å². The Morgan fingerprint density at radius 2 is 1.23 bits per heavy atom. The lowest BCUT2D eigenvalue weighted by molar-refractivity contribution is -0.122. The van der Waals surface area contributed by atoms with E-state index in [1.807, 2.05) is 72.8 Å². The van der Waals surface area contributed by atoms with Crippen molar-refractivity contribution in [3.8, 4) is 11.5 Å². The molecule has 0 saturated carbocycles. The van der Waals surface area contributed by atoms with Crippen LogP contribution < -0.4 is 20.5 Å². The van der Waals surface area contributed by atoms with Crippen LogP contribution >= 0.6 is 0 Å². The van der Waals surface area contributed by atoms with Crippen LogP contribution in [0.25, 0.3) is 0 Å². The van der Waals surface area contributed by atoms with E-state index in [9.17, 15) is 4.79 Å². The summed E-state index contributed by atoms with van der Waals surface area (Å²) < 4.78 is 11.7. The highest BCUT2D eigenvalue weighted by Crippen LogP contribution is 2.19. The van der Waals surface area contributed by atoms with Gasteiger partial charge in [0.15, 0.2) is 0 Å². The van der Waals surface area contributed by atoms with Gasteiger partial charge in [-0.25, -0.2) is 0 Å². The smallest absolute Gasteiger partial charge is 0.237 e. The van der Waals surface area contributed by atoms with E-state index >= 15 is 0 Å². The predicted molar refractivity (Wildman–Crippen MR) is 142 cm³/mol. The molecule has 0 heterocycles. The van der Waals surface area contributed by atoms with Gasteiger partial charge in [-0.15, -0.1) is 0 Å². The summed E-state index contributed by atoms with van der Waals surface area (Å²) in [6.45, 7) is 1.98. The first kappa shape index (κ1) is 26.3. The van der Waals surface area contributed by atoms with Crippen molar-refractivity contribution >= 4 is 5.91 Å². The second kappa shape index (κ2) is 15.6. The fraction of sp³-hybridized carbons (Fsp3) is 0.367. The Bertz CT molecular complexity index is 962. The minimum Gasteiger partial charge on any atom is -0.494 e. The average Bonchev–Trinajstić information content (AvgIpc) is 2.90. The minimum atomic E-state index is -0.490. The molecule has 0 saturated heterocycles. The number of carbonyl (C=O) groups excluding carboxylic acids is 1. The third-order valence-electron chi connectivity index (χ3n) is 5.85. The first-order valence-corrected chi connectivity index (χ1v) is 12.7. The maximum Gasteiger partial charge on any atom is 0.237 e. The van der Waals surface area contributed by atoms with Crippen molar-refractivity contribution < 1.29 is 14.3 Å². The number of amides is 1. The molecule has 0 aliphatic rings. The molecule has 0 aliphatic carbocycles. The number of rotatable bonds is 16. The normalized spacial score (nSPS) is 11.6. The van der Waals surface area contributed by atoms with Gasteiger partial charge in [0.2, 0.25) is 5.91 Å². The Labute approximate surface area is 209 Å². The molecule has 186 valence electrons. The van der Waals surface area contributed by atoms with Crippen molar-refractivity contribution in [3.05, 3.63) is 96.1 Å². The molecule has 1 atom stereocenters. The van der Waals surface area contributed by atoms with Crippen molar-refractivity contribution in [1.29, 1.82) is 0 Å². The number of hydrogen-bond donors (Lipinski definition) is 2. The molecule has 0 bridgehead atoms. The lowest BCUT2D eigenvalue weighted by Crippen LogP contribution is -2.42. The average molecular weight is 475 g/mol. The Morgan fingerprint density at radius 1 is 0.686 bits per heavy atom. The number of hydrogen-bond acceptors (Lipinski definition) is 4. The molecule has 3 aromatic carbocycles. The molecule has 0 fully saturated rings. The Morgan fingerprint density at radius 3 is 1.89 bits per heavy atom. The van der Waals surface area contributed by atoms with Gasteiger partial charge in [0.05, 0.1) is 12.6 Å². The van der Waals surface area contributed by atoms with Gasteiger partial charge in [0.1, 0.15) is 18.1 Å². The minimum absolute atomic E-state index is 0.0678. The zero-order valence-electron chi connectivity index (χ0n) is 20.5. The summed E-state index contributed by atoms with van der Waals surface area (Å²) in [4.78, 5) is 12.1. The molecular weight excluding hydrogens is 436 g/mol. The van der Waals surface area contributed by atoms with Gasteiger partial charge in [-0.3, -0.25) is 4.79 Å². The lowest BCUT2D eigenvalue weighted by atomic mass is 10.1. The standard InChI is InChI=1S/C30H38N2O3/c31-29(23-25-13-7-5-8-14-25)30(33)32-21-11-3-1-2-4-12-22-34-27-17-19-28(20-18-27)35-24-26-15-9-6-10-16-26/h5-10,13-20,29H,1-4,11-12,21-24,31H2,(H,32,33). The SMILES string of the molecule is NC(Cc1ccccc1)C(=O)NCCCCCCCCOc1ccc(OCc2ccccc2)cc1. The van der Waals surface area contributed by atoms with E-state index in [4.69, 9.17) is 15.2 Å². The van der Waals surface area contributed by atoms with Crippen LogP contribution in [0.3, 0.4) is 0 Å². The molecule has 3 N–H and O–H groups in total. The van der Waals surface area contributed by atoms with Gasteiger partial charge in [-0.05, 0) is 54.7 Å². The molecular formula is C30H38N2O3. The number of benzene rings is 3. The van der Waals surface area contributed by atoms with E-state index in [-0.39, 0.29) is 5.91 Å². The van der Waals surface area contributed by atoms with E-state index < -0.39 is 6.04 Å². The molecule has 0 aliphatic heterocycles. The van der Waals surface area contributed by atoms with Crippen molar-refractivity contribution in [1.82, 2.24) is 5.32 Å². The van der Waals surface area contributed by atoms with Crippen molar-refractivity contribution in [3.63, 3.8) is 0 Å². The van der Waals surface area contributed by atoms with E-state index in [2.05, 4.69) is 17.4 Å². The monoisotopic (exact) mass is 474 g/mol. The fourth-order valence-electron chi connectivity index (χ4n) is 3.80. The summed E-state index contributed by atoms with van der Waals surface area (Å²) in [7, 11) is 0. The third-order valence-corrected chi connectivity index (χ3v) is 5.85. The number of nitrogens with one attached hydrogen (secondary N) is 1. The number of unbranched alkanes of at least 4 members (excludes halogenated alkanes) is 5. The Kier molecular flexibility index (Phi) is 11.7. The zero-order chi connectivity index (χ0) is 24.6. The number of carbonyl (C=O) groups is 1. The zero-order valence-corrected chi connectivity index (χ0v) is 20.5. The van der Waals surface area contributed by atoms with Gasteiger partial charge >= 0.3 is 0 Å². The first-order valence-electron chi connectivity index (χ1n) is 12.7. The van der Waals surface area contributed by atoms with Crippen molar-refractivity contribution in [2.24, 2.45) is 5.73 Å². The van der Waals surface area contributed by atoms with Crippen LogP contribution in [-0.4, -0.2) is 25.1 Å². The molecule has 0 spiro atoms. The van der Waals surface area contributed by atoms with Crippen LogP contribution in [0, 0.1) is 0 Å². The summed E-state index contributed by atoms with van der Waals surface area (Å²) in [5.41, 5.74) is 8.25. The topological polar surface area (TPSA) is 73.6 Å². The van der Waals surface area contributed by atoms with Crippen LogP contribution in [-0.2, 0) is 17.8 Å². The largest absolute Gasteiger partial charge is 0.494 e. The summed E-state index contributed by atoms with van der Waals surface area (Å²) in [5, 5.41) is 2.96. The van der Waals surface area contributed by atoms with Crippen LogP contribution in [0.1, 0.15) is 49.7 Å². The molecule has 5 heteroatoms. The van der Waals surface area contributed by atoms with Gasteiger partial charge in [0.25, 0.3) is 0 Å². The van der Waals surface area contributed by atoms with E-state index in [0.717, 1.165) is 54.9 Å². The van der Waals surface area contributed by atoms with Crippen LogP contribution in [0.4, 0.5) is 0 Å². The van der Waals surface area contributed by atoms with Crippen molar-refractivity contribution in [2.45, 2.75) is 57.6 Å². The maximum atomic E-state index is 12.1. The van der Waals surface area contributed by atoms with Gasteiger partial charge in [-0.2, -0.15) is 0 Å². The molecule has 1 unspecified atom stereocenters. The molecule has 1 amide bonds. The number of nitrogens with two attached hydrogens (primary N) is 1. The summed E-state index contributed by atoms with van der Waals surface area (Å²) >= 11 is 0. The molecule has 0 aromatic heterocycles. The van der Waals surface area contributed by atoms with Gasteiger partial charge < -0.3 is 20.5 Å². The van der Waals surface area contributed by atoms with Crippen LogP contribution in [0.2, 0.25) is 0 Å². The Balaban J connectivity index is 1.15. The molecule has 35 heavy (non-hydrogen) atoms. The molecule has 0 radical (unpaired) electrons. The predicted octanol–water partition coefficient (Wildman–Crippen LogP) is 5.67. The van der Waals surface area contributed by atoms with E-state index in [1.54, 1.807) is 0 Å². The summed E-state index contributed by atoms with van der Waals surface area (Å²) in [6, 6.07) is 27.4. The highest BCUT2D eigenvalue weighted by atomic mass is 16.5. The van der Waals surface area contributed by atoms with E-state index in [0.29, 0.717) is 19.6 Å². The summed E-state index contributed by atoms with van der Waals surface area (Å²) in [6.07, 6.45) is 7.19. The third kappa shape index (κ3) is 10.7. The maximum absolute atomic E-state index is 12.1. The van der Waals surface area contributed by atoms with Crippen LogP contribution in [0.5, 0.6) is 11.5 Å². The molecule has 3 aromatic rings. The fourth-order valence-corrected chi connectivity index (χ4v) is 3.80. The van der Waals surface area contributed by atoms with Gasteiger partial charge in [-0.1, -0.05) is 86.3 Å². The summed E-state index contributed by atoms with van der Waals surface area (Å²) in [5.74, 6) is 1.65. The second-order valence-electron chi connectivity index (χ2n) is 8.80. The van der Waals surface area contributed by atoms with Crippen LogP contribution in [0.15, 0.2) is 84.9 Å². The lowest BCUT2D eigenvalue weighted by Gasteiger charge is -2.12. The first-order chi connectivity index (χ1) is 17.2. The van der Waals surface area contributed by atoms with Crippen molar-refractivity contribution in [2.75, 3.05) is 13.2 Å². The Hall–Kier alpha value is -3.31. The van der Waals surface area contributed by atoms with Gasteiger partial charge in [0, 0.05) is 6.54 Å². The highest BCUT2D eigenvalue weighted by Gasteiger charge is 2.13. The highest BCUT2D eigenvalue weighted by molar-refractivity contribution is 5.81. The second-order valence-corrected chi connectivity index (χ2v) is 8.80.